The Balaban J connectivity index is 1.66. The lowest BCUT2D eigenvalue weighted by molar-refractivity contribution is -0.115. The van der Waals surface area contributed by atoms with Crippen LogP contribution in [0, 0.1) is 6.92 Å². The molecular formula is C21H20O4S. The summed E-state index contributed by atoms with van der Waals surface area (Å²) in [6.07, 6.45) is 3.86. The van der Waals surface area contributed by atoms with Crippen molar-refractivity contribution in [3.8, 4) is 5.75 Å². The predicted octanol–water partition coefficient (Wildman–Crippen LogP) is 4.22. The lowest BCUT2D eigenvalue weighted by Gasteiger charge is -2.12. The number of carbonyl (C=O) groups is 1. The minimum atomic E-state index is -3.87. The minimum absolute atomic E-state index is 0.133. The molecule has 2 aromatic rings. The summed E-state index contributed by atoms with van der Waals surface area (Å²) in [6, 6.07) is 11.9. The van der Waals surface area contributed by atoms with Crippen LogP contribution in [0.2, 0.25) is 0 Å². The highest BCUT2D eigenvalue weighted by Gasteiger charge is 2.27. The molecular weight excluding hydrogens is 348 g/mol. The Morgan fingerprint density at radius 2 is 1.62 bits per heavy atom. The van der Waals surface area contributed by atoms with Crippen molar-refractivity contribution in [2.75, 3.05) is 0 Å². The summed E-state index contributed by atoms with van der Waals surface area (Å²) >= 11 is 0. The van der Waals surface area contributed by atoms with E-state index in [9.17, 15) is 13.2 Å². The standard InChI is InChI=1S/C21H20O4S/c1-14-5-9-17(10-6-14)26(23,24)25-16-8-11-18-15(13-16)7-12-21(22)20-4-2-3-19(18)20/h5-6,8-11,13H,2-4,7,12H2,1H3. The summed E-state index contributed by atoms with van der Waals surface area (Å²) in [5, 5.41) is 0. The summed E-state index contributed by atoms with van der Waals surface area (Å²) in [7, 11) is -3.87. The Kier molecular flexibility index (Phi) is 4.19. The summed E-state index contributed by atoms with van der Waals surface area (Å²) in [4.78, 5) is 12.4. The van der Waals surface area contributed by atoms with E-state index in [1.54, 1.807) is 36.4 Å². The summed E-state index contributed by atoms with van der Waals surface area (Å²) in [6.45, 7) is 1.90. The molecule has 0 heterocycles. The molecule has 0 aliphatic heterocycles. The van der Waals surface area contributed by atoms with Crippen molar-refractivity contribution in [3.05, 3.63) is 64.7 Å². The first-order valence-corrected chi connectivity index (χ1v) is 10.2. The van der Waals surface area contributed by atoms with Crippen molar-refractivity contribution in [3.63, 3.8) is 0 Å². The smallest absolute Gasteiger partial charge is 0.339 e. The maximum atomic E-state index is 12.5. The third-order valence-corrected chi connectivity index (χ3v) is 6.35. The second-order valence-corrected chi connectivity index (χ2v) is 8.45. The Hall–Kier alpha value is -2.40. The normalized spacial score (nSPS) is 16.9. The van der Waals surface area contributed by atoms with E-state index in [0.29, 0.717) is 18.6 Å². The third kappa shape index (κ3) is 3.07. The van der Waals surface area contributed by atoms with Gasteiger partial charge in [0.1, 0.15) is 10.6 Å². The molecule has 0 saturated heterocycles. The zero-order chi connectivity index (χ0) is 18.3. The number of rotatable bonds is 3. The number of fused-ring (bicyclic) bond motifs is 2. The number of aryl methyl sites for hydroxylation is 2. The number of hydrogen-bond acceptors (Lipinski definition) is 4. The fourth-order valence-electron chi connectivity index (χ4n) is 3.75. The fraction of sp³-hybridized carbons (Fsp3) is 0.286. The topological polar surface area (TPSA) is 60.4 Å². The Labute approximate surface area is 153 Å². The maximum absolute atomic E-state index is 12.5. The molecule has 0 bridgehead atoms. The van der Waals surface area contributed by atoms with E-state index in [1.807, 2.05) is 13.0 Å². The molecule has 2 aliphatic carbocycles. The first-order valence-electron chi connectivity index (χ1n) is 8.84. The number of benzene rings is 2. The van der Waals surface area contributed by atoms with Crippen molar-refractivity contribution in [1.82, 2.24) is 0 Å². The van der Waals surface area contributed by atoms with Crippen LogP contribution in [0.15, 0.2) is 52.9 Å². The van der Waals surface area contributed by atoms with Crippen molar-refractivity contribution in [2.24, 2.45) is 0 Å². The first-order chi connectivity index (χ1) is 12.4. The lowest BCUT2D eigenvalue weighted by atomic mass is 9.97. The largest absolute Gasteiger partial charge is 0.379 e. The average Bonchev–Trinajstić information content (AvgIpc) is 3.05. The average molecular weight is 368 g/mol. The second-order valence-electron chi connectivity index (χ2n) is 6.90. The van der Waals surface area contributed by atoms with E-state index in [1.165, 1.54) is 0 Å². The van der Waals surface area contributed by atoms with Crippen LogP contribution in [0.5, 0.6) is 5.75 Å². The van der Waals surface area contributed by atoms with Gasteiger partial charge in [0.15, 0.2) is 5.78 Å². The summed E-state index contributed by atoms with van der Waals surface area (Å²) in [5.41, 5.74) is 5.14. The molecule has 0 atom stereocenters. The maximum Gasteiger partial charge on any atom is 0.339 e. The SMILES string of the molecule is Cc1ccc(S(=O)(=O)Oc2ccc3c(c2)CCC(=O)C2=C3CCC2)cc1. The molecule has 4 rings (SSSR count). The van der Waals surface area contributed by atoms with Gasteiger partial charge in [0.05, 0.1) is 0 Å². The van der Waals surface area contributed by atoms with Gasteiger partial charge in [-0.1, -0.05) is 23.8 Å². The van der Waals surface area contributed by atoms with Gasteiger partial charge in [-0.3, -0.25) is 4.79 Å². The van der Waals surface area contributed by atoms with Crippen LogP contribution < -0.4 is 4.18 Å². The van der Waals surface area contributed by atoms with Crippen molar-refractivity contribution in [1.29, 1.82) is 0 Å². The van der Waals surface area contributed by atoms with Crippen LogP contribution in [-0.2, 0) is 21.3 Å². The molecule has 0 saturated carbocycles. The Bertz CT molecular complexity index is 1010. The zero-order valence-corrected chi connectivity index (χ0v) is 15.4. The quantitative estimate of drug-likeness (QED) is 0.761. The van der Waals surface area contributed by atoms with Crippen LogP contribution in [-0.4, -0.2) is 14.2 Å². The molecule has 2 aromatic carbocycles. The number of carbonyl (C=O) groups excluding carboxylic acids is 1. The van der Waals surface area contributed by atoms with E-state index in [0.717, 1.165) is 47.1 Å². The van der Waals surface area contributed by atoms with Gasteiger partial charge in [0.25, 0.3) is 0 Å². The van der Waals surface area contributed by atoms with Crippen molar-refractivity contribution in [2.45, 2.75) is 43.9 Å². The minimum Gasteiger partial charge on any atom is -0.379 e. The molecule has 0 radical (unpaired) electrons. The molecule has 134 valence electrons. The van der Waals surface area contributed by atoms with E-state index in [2.05, 4.69) is 0 Å². The van der Waals surface area contributed by atoms with Gasteiger partial charge in [-0.15, -0.1) is 0 Å². The lowest BCUT2D eigenvalue weighted by Crippen LogP contribution is -2.10. The van der Waals surface area contributed by atoms with Crippen molar-refractivity contribution < 1.29 is 17.4 Å². The highest BCUT2D eigenvalue weighted by Crippen LogP contribution is 2.40. The molecule has 0 aromatic heterocycles. The van der Waals surface area contributed by atoms with Crippen molar-refractivity contribution >= 4 is 21.5 Å². The van der Waals surface area contributed by atoms with Gasteiger partial charge in [-0.05, 0) is 79.1 Å². The molecule has 2 aliphatic rings. The van der Waals surface area contributed by atoms with Crippen LogP contribution in [0.4, 0.5) is 0 Å². The van der Waals surface area contributed by atoms with Gasteiger partial charge >= 0.3 is 10.1 Å². The number of Topliss-reactive ketones (excluding diaryl/α,β-unsaturated/α-hetero) is 1. The number of ketones is 1. The Morgan fingerprint density at radius 3 is 2.38 bits per heavy atom. The summed E-state index contributed by atoms with van der Waals surface area (Å²) in [5.74, 6) is 0.516. The van der Waals surface area contributed by atoms with Gasteiger partial charge in [0.2, 0.25) is 0 Å². The molecule has 0 amide bonds. The van der Waals surface area contributed by atoms with Gasteiger partial charge < -0.3 is 4.18 Å². The van der Waals surface area contributed by atoms with Crippen LogP contribution in [0.1, 0.15) is 42.4 Å². The van der Waals surface area contributed by atoms with Crippen LogP contribution in [0.3, 0.4) is 0 Å². The molecule has 0 fully saturated rings. The van der Waals surface area contributed by atoms with Crippen LogP contribution in [0.25, 0.3) is 5.57 Å². The first kappa shape index (κ1) is 17.0. The monoisotopic (exact) mass is 368 g/mol. The van der Waals surface area contributed by atoms with Crippen LogP contribution >= 0.6 is 0 Å². The molecule has 4 nitrogen and oxygen atoms in total. The van der Waals surface area contributed by atoms with E-state index >= 15 is 0 Å². The molecule has 0 unspecified atom stereocenters. The molecule has 26 heavy (non-hydrogen) atoms. The second kappa shape index (κ2) is 6.40. The van der Waals surface area contributed by atoms with E-state index in [-0.39, 0.29) is 10.7 Å². The highest BCUT2D eigenvalue weighted by atomic mass is 32.2. The molecule has 0 spiro atoms. The Morgan fingerprint density at radius 1 is 0.885 bits per heavy atom. The van der Waals surface area contributed by atoms with Gasteiger partial charge in [-0.25, -0.2) is 0 Å². The number of hydrogen-bond donors (Lipinski definition) is 0. The van der Waals surface area contributed by atoms with Gasteiger partial charge in [0, 0.05) is 6.42 Å². The summed E-state index contributed by atoms with van der Waals surface area (Å²) < 4.78 is 30.3. The van der Waals surface area contributed by atoms with E-state index in [4.69, 9.17) is 4.18 Å². The van der Waals surface area contributed by atoms with E-state index < -0.39 is 10.1 Å². The predicted molar refractivity (Wildman–Crippen MR) is 99.5 cm³/mol. The fourth-order valence-corrected chi connectivity index (χ4v) is 4.67. The zero-order valence-electron chi connectivity index (χ0n) is 14.6. The third-order valence-electron chi connectivity index (χ3n) is 5.09. The molecule has 0 N–H and O–H groups in total. The number of allylic oxidation sites excluding steroid dienone is 2. The van der Waals surface area contributed by atoms with Gasteiger partial charge in [-0.2, -0.15) is 8.42 Å². The molecule has 5 heteroatoms. The highest BCUT2D eigenvalue weighted by molar-refractivity contribution is 7.87.